The fraction of sp³-hybridized carbons (Fsp3) is 0.485. The predicted molar refractivity (Wildman–Crippen MR) is 159 cm³/mol. The van der Waals surface area contributed by atoms with Crippen LogP contribution in [0.25, 0.3) is 22.2 Å². The van der Waals surface area contributed by atoms with Gasteiger partial charge in [-0.25, -0.2) is 4.98 Å². The first kappa shape index (κ1) is 27.7. The molecule has 1 aliphatic carbocycles. The molecule has 0 spiro atoms. The summed E-state index contributed by atoms with van der Waals surface area (Å²) in [5, 5.41) is 10.6. The van der Waals surface area contributed by atoms with Crippen LogP contribution >= 0.6 is 0 Å². The number of piperazine rings is 1. The highest BCUT2D eigenvalue weighted by atomic mass is 16.5. The minimum absolute atomic E-state index is 0.0342. The van der Waals surface area contributed by atoms with Crippen molar-refractivity contribution in [3.8, 4) is 17.0 Å². The third-order valence-electron chi connectivity index (χ3n) is 9.36. The van der Waals surface area contributed by atoms with Crippen LogP contribution in [0.15, 0.2) is 54.6 Å². The highest BCUT2D eigenvalue weighted by molar-refractivity contribution is 6.07. The van der Waals surface area contributed by atoms with E-state index >= 15 is 0 Å². The minimum atomic E-state index is 0.0342. The lowest BCUT2D eigenvalue weighted by atomic mass is 9.86. The molecule has 2 aromatic carbocycles. The van der Waals surface area contributed by atoms with E-state index in [0.29, 0.717) is 36.7 Å². The molecule has 3 aliphatic rings. The molecule has 0 bridgehead atoms. The van der Waals surface area contributed by atoms with Crippen molar-refractivity contribution in [2.24, 2.45) is 5.92 Å². The number of fused-ring (bicyclic) bond motifs is 1. The number of methoxy groups -OCH3 is 1. The molecule has 2 amide bonds. The number of aromatic nitrogens is 1. The van der Waals surface area contributed by atoms with Gasteiger partial charge in [0.05, 0.1) is 22.9 Å². The summed E-state index contributed by atoms with van der Waals surface area (Å²) < 4.78 is 5.47. The summed E-state index contributed by atoms with van der Waals surface area (Å²) in [6.07, 6.45) is 6.16. The van der Waals surface area contributed by atoms with Crippen molar-refractivity contribution in [2.45, 2.75) is 50.7 Å². The van der Waals surface area contributed by atoms with Crippen molar-refractivity contribution in [1.82, 2.24) is 19.7 Å². The van der Waals surface area contributed by atoms with Crippen LogP contribution in [0.1, 0.15) is 48.9 Å². The number of piperidine rings is 1. The van der Waals surface area contributed by atoms with E-state index in [1.165, 1.54) is 0 Å². The fourth-order valence-corrected chi connectivity index (χ4v) is 6.85. The number of benzene rings is 2. The number of hydrogen-bond acceptors (Lipinski definition) is 6. The monoisotopic (exact) mass is 556 g/mol. The van der Waals surface area contributed by atoms with E-state index in [4.69, 9.17) is 9.72 Å². The number of aromatic hydroxyl groups is 1. The Kier molecular flexibility index (Phi) is 8.21. The van der Waals surface area contributed by atoms with Gasteiger partial charge in [-0.1, -0.05) is 18.2 Å². The van der Waals surface area contributed by atoms with Crippen molar-refractivity contribution in [3.05, 3.63) is 60.2 Å². The van der Waals surface area contributed by atoms with E-state index in [2.05, 4.69) is 9.80 Å². The summed E-state index contributed by atoms with van der Waals surface area (Å²) in [6.45, 7) is 4.72. The number of hydrogen-bond donors (Lipinski definition) is 1. The lowest BCUT2D eigenvalue weighted by Crippen LogP contribution is -2.55. The van der Waals surface area contributed by atoms with Crippen LogP contribution in [0.5, 0.6) is 5.75 Å². The van der Waals surface area contributed by atoms with Crippen molar-refractivity contribution in [2.75, 3.05) is 46.4 Å². The van der Waals surface area contributed by atoms with Crippen LogP contribution in [0, 0.1) is 5.92 Å². The Balaban J connectivity index is 1.07. The molecule has 1 aromatic heterocycles. The normalized spacial score (nSPS) is 22.7. The van der Waals surface area contributed by atoms with Gasteiger partial charge >= 0.3 is 0 Å². The van der Waals surface area contributed by atoms with Crippen molar-refractivity contribution in [3.63, 3.8) is 0 Å². The number of carbonyl (C=O) groups is 2. The number of likely N-dealkylation sites (tertiary alicyclic amines) is 1. The first-order valence-electron chi connectivity index (χ1n) is 15.0. The second-order valence-electron chi connectivity index (χ2n) is 11.7. The van der Waals surface area contributed by atoms with Crippen molar-refractivity contribution < 1.29 is 19.4 Å². The summed E-state index contributed by atoms with van der Waals surface area (Å²) in [7, 11) is 1.77. The van der Waals surface area contributed by atoms with Crippen LogP contribution in [0.4, 0.5) is 0 Å². The second-order valence-corrected chi connectivity index (χ2v) is 11.7. The van der Waals surface area contributed by atoms with Gasteiger partial charge in [0.1, 0.15) is 5.75 Å². The molecule has 8 heteroatoms. The largest absolute Gasteiger partial charge is 0.508 e. The number of ether oxygens (including phenoxy) is 1. The smallest absolute Gasteiger partial charge is 0.254 e. The Hall–Kier alpha value is -3.49. The summed E-state index contributed by atoms with van der Waals surface area (Å²) in [5.41, 5.74) is 3.03. The van der Waals surface area contributed by atoms with Gasteiger partial charge in [0.15, 0.2) is 0 Å². The van der Waals surface area contributed by atoms with E-state index < -0.39 is 0 Å². The molecule has 0 unspecified atom stereocenters. The molecular weight excluding hydrogens is 516 g/mol. The van der Waals surface area contributed by atoms with Crippen molar-refractivity contribution >= 4 is 22.7 Å². The van der Waals surface area contributed by atoms with Crippen LogP contribution in [-0.4, -0.2) is 95.1 Å². The lowest BCUT2D eigenvalue weighted by Gasteiger charge is -2.43. The Bertz CT molecular complexity index is 1370. The molecule has 8 nitrogen and oxygen atoms in total. The first-order chi connectivity index (χ1) is 20.0. The summed E-state index contributed by atoms with van der Waals surface area (Å²) in [5.74, 6) is 0.730. The lowest BCUT2D eigenvalue weighted by molar-refractivity contribution is -0.139. The summed E-state index contributed by atoms with van der Waals surface area (Å²) in [4.78, 5) is 38.3. The van der Waals surface area contributed by atoms with Gasteiger partial charge in [-0.2, -0.15) is 0 Å². The Morgan fingerprint density at radius 1 is 0.829 bits per heavy atom. The topological polar surface area (TPSA) is 86.2 Å². The summed E-state index contributed by atoms with van der Waals surface area (Å²) >= 11 is 0. The fourth-order valence-electron chi connectivity index (χ4n) is 6.85. The number of para-hydroxylation sites is 1. The highest BCUT2D eigenvalue weighted by Gasteiger charge is 2.34. The minimum Gasteiger partial charge on any atom is -0.508 e. The number of nitrogens with zero attached hydrogens (tertiary/aromatic N) is 4. The molecule has 0 atom stereocenters. The van der Waals surface area contributed by atoms with Crippen LogP contribution < -0.4 is 0 Å². The number of rotatable bonds is 5. The second kappa shape index (κ2) is 12.2. The first-order valence-corrected chi connectivity index (χ1v) is 15.0. The van der Waals surface area contributed by atoms with Crippen LogP contribution in [-0.2, 0) is 9.53 Å². The third-order valence-corrected chi connectivity index (χ3v) is 9.36. The SMILES string of the molecule is COC1CCC(C(=O)N2CCC(N3CCN(C(=O)c4cc(-c5ccc(O)cc5)nc5ccccc45)CC3)CC2)CC1. The zero-order chi connectivity index (χ0) is 28.3. The van der Waals surface area contributed by atoms with Gasteiger partial charge in [-0.3, -0.25) is 14.5 Å². The number of amides is 2. The summed E-state index contributed by atoms with van der Waals surface area (Å²) in [6, 6.07) is 17.1. The number of pyridine rings is 1. The number of carbonyl (C=O) groups excluding carboxylic acids is 2. The molecule has 3 fully saturated rings. The molecule has 41 heavy (non-hydrogen) atoms. The molecule has 2 saturated heterocycles. The molecule has 3 heterocycles. The number of phenolic OH excluding ortho intramolecular Hbond substituents is 1. The standard InChI is InChI=1S/C33H40N4O4/c1-41-27-12-8-24(9-13-27)32(39)36-16-14-25(15-17-36)35-18-20-37(21-19-35)33(40)29-22-31(23-6-10-26(38)11-7-23)34-30-5-3-2-4-28(29)30/h2-7,10-11,22,24-25,27,38H,8-9,12-21H2,1H3. The Morgan fingerprint density at radius 2 is 1.51 bits per heavy atom. The molecule has 1 N–H and O–H groups in total. The molecule has 216 valence electrons. The Morgan fingerprint density at radius 3 is 2.20 bits per heavy atom. The van der Waals surface area contributed by atoms with E-state index in [1.807, 2.05) is 47.4 Å². The van der Waals surface area contributed by atoms with Gasteiger partial charge in [-0.05, 0) is 74.9 Å². The number of phenols is 1. The van der Waals surface area contributed by atoms with Crippen molar-refractivity contribution in [1.29, 1.82) is 0 Å². The van der Waals surface area contributed by atoms with Gasteiger partial charge in [0, 0.05) is 69.3 Å². The molecule has 6 rings (SSSR count). The van der Waals surface area contributed by atoms with Crippen LogP contribution in [0.3, 0.4) is 0 Å². The van der Waals surface area contributed by atoms with E-state index in [-0.39, 0.29) is 17.6 Å². The van der Waals surface area contributed by atoms with Gasteiger partial charge in [0.25, 0.3) is 5.91 Å². The highest BCUT2D eigenvalue weighted by Crippen LogP contribution is 2.30. The Labute approximate surface area is 241 Å². The van der Waals surface area contributed by atoms with Gasteiger partial charge < -0.3 is 19.6 Å². The quantitative estimate of drug-likeness (QED) is 0.496. The third kappa shape index (κ3) is 5.95. The maximum absolute atomic E-state index is 13.8. The maximum Gasteiger partial charge on any atom is 0.254 e. The average molecular weight is 557 g/mol. The molecule has 2 aliphatic heterocycles. The zero-order valence-corrected chi connectivity index (χ0v) is 23.9. The van der Waals surface area contributed by atoms with Gasteiger partial charge in [-0.15, -0.1) is 0 Å². The molecule has 3 aromatic rings. The van der Waals surface area contributed by atoms with Crippen LogP contribution in [0.2, 0.25) is 0 Å². The van der Waals surface area contributed by atoms with E-state index in [1.54, 1.807) is 19.2 Å². The molecule has 1 saturated carbocycles. The van der Waals surface area contributed by atoms with E-state index in [9.17, 15) is 14.7 Å². The molecule has 0 radical (unpaired) electrons. The average Bonchev–Trinajstić information content (AvgIpc) is 3.04. The molecular formula is C33H40N4O4. The van der Waals surface area contributed by atoms with Gasteiger partial charge in [0.2, 0.25) is 5.91 Å². The zero-order valence-electron chi connectivity index (χ0n) is 23.9. The van der Waals surface area contributed by atoms with E-state index in [0.717, 1.165) is 86.9 Å². The maximum atomic E-state index is 13.8. The predicted octanol–water partition coefficient (Wildman–Crippen LogP) is 4.56.